The number of aromatic carboxylic acids is 1. The zero-order chi connectivity index (χ0) is 14.0. The minimum Gasteiger partial charge on any atom is -0.476 e. The molecule has 0 spiro atoms. The van der Waals surface area contributed by atoms with Crippen molar-refractivity contribution in [2.24, 2.45) is 0 Å². The normalized spacial score (nSPS) is 10.5. The number of nitrogens with zero attached hydrogens (tertiary/aromatic N) is 1. The second-order valence-corrected chi connectivity index (χ2v) is 4.74. The average molecular weight is 284 g/mol. The molecule has 0 aliphatic rings. The first-order valence-corrected chi connectivity index (χ1v) is 6.22. The summed E-state index contributed by atoms with van der Waals surface area (Å²) in [5.74, 6) is -2.18. The molecular formula is C12H10F2N2O2S. The van der Waals surface area contributed by atoms with E-state index in [0.717, 1.165) is 23.5 Å². The van der Waals surface area contributed by atoms with Gasteiger partial charge in [-0.1, -0.05) is 0 Å². The van der Waals surface area contributed by atoms with Crippen LogP contribution in [0.25, 0.3) is 0 Å². The molecule has 1 aromatic carbocycles. The van der Waals surface area contributed by atoms with Gasteiger partial charge in [0, 0.05) is 11.4 Å². The standard InChI is InChI=1S/C12H10F2N2O2S/c1-6-2-9(14)10(3-8(6)13)15-4-7-5-19-11(16-7)12(17)18/h2-3,5,15H,4H2,1H3,(H,17,18). The maximum Gasteiger partial charge on any atom is 0.365 e. The van der Waals surface area contributed by atoms with E-state index in [1.165, 1.54) is 6.92 Å². The molecule has 0 aliphatic heterocycles. The van der Waals surface area contributed by atoms with Gasteiger partial charge in [0.25, 0.3) is 0 Å². The van der Waals surface area contributed by atoms with E-state index in [1.54, 1.807) is 5.38 Å². The van der Waals surface area contributed by atoms with E-state index in [0.29, 0.717) is 5.69 Å². The summed E-state index contributed by atoms with van der Waals surface area (Å²) in [5.41, 5.74) is 0.709. The van der Waals surface area contributed by atoms with Gasteiger partial charge in [-0.05, 0) is 18.6 Å². The minimum atomic E-state index is -1.11. The highest BCUT2D eigenvalue weighted by Crippen LogP contribution is 2.20. The molecule has 2 rings (SSSR count). The second-order valence-electron chi connectivity index (χ2n) is 3.88. The number of nitrogens with one attached hydrogen (secondary N) is 1. The first-order chi connectivity index (χ1) is 8.97. The molecule has 0 saturated carbocycles. The van der Waals surface area contributed by atoms with Gasteiger partial charge in [-0.15, -0.1) is 11.3 Å². The van der Waals surface area contributed by atoms with E-state index >= 15 is 0 Å². The summed E-state index contributed by atoms with van der Waals surface area (Å²) >= 11 is 0.984. The topological polar surface area (TPSA) is 62.2 Å². The first kappa shape index (κ1) is 13.4. The first-order valence-electron chi connectivity index (χ1n) is 5.34. The van der Waals surface area contributed by atoms with Crippen molar-refractivity contribution in [1.82, 2.24) is 4.98 Å². The number of rotatable bonds is 4. The van der Waals surface area contributed by atoms with Gasteiger partial charge >= 0.3 is 5.97 Å². The minimum absolute atomic E-state index is 0.0213. The van der Waals surface area contributed by atoms with Gasteiger partial charge in [0.1, 0.15) is 11.6 Å². The maximum atomic E-state index is 13.5. The molecule has 4 nitrogen and oxygen atoms in total. The quantitative estimate of drug-likeness (QED) is 0.906. The lowest BCUT2D eigenvalue weighted by atomic mass is 10.2. The number of benzene rings is 1. The van der Waals surface area contributed by atoms with Crippen molar-refractivity contribution in [3.8, 4) is 0 Å². The third-order valence-corrected chi connectivity index (χ3v) is 3.32. The summed E-state index contributed by atoms with van der Waals surface area (Å²) in [5, 5.41) is 12.9. The lowest BCUT2D eigenvalue weighted by molar-refractivity contribution is 0.0696. The van der Waals surface area contributed by atoms with Crippen molar-refractivity contribution in [1.29, 1.82) is 0 Å². The molecule has 0 atom stereocenters. The van der Waals surface area contributed by atoms with Crippen LogP contribution >= 0.6 is 11.3 Å². The number of thiazole rings is 1. The molecule has 0 saturated heterocycles. The predicted octanol–water partition coefficient (Wildman–Crippen LogP) is 3.04. The summed E-state index contributed by atoms with van der Waals surface area (Å²) in [6.45, 7) is 1.60. The average Bonchev–Trinajstić information content (AvgIpc) is 2.81. The van der Waals surface area contributed by atoms with Crippen LogP contribution in [0.5, 0.6) is 0 Å². The summed E-state index contributed by atoms with van der Waals surface area (Å²) < 4.78 is 26.8. The Morgan fingerprint density at radius 2 is 2.16 bits per heavy atom. The highest BCUT2D eigenvalue weighted by Gasteiger charge is 2.10. The molecule has 0 radical (unpaired) electrons. The number of aryl methyl sites for hydroxylation is 1. The SMILES string of the molecule is Cc1cc(F)c(NCc2csc(C(=O)O)n2)cc1F. The van der Waals surface area contributed by atoms with Crippen LogP contribution < -0.4 is 5.32 Å². The van der Waals surface area contributed by atoms with Crippen LogP contribution in [-0.4, -0.2) is 16.1 Å². The number of hydrogen-bond donors (Lipinski definition) is 2. The summed E-state index contributed by atoms with van der Waals surface area (Å²) in [6, 6.07) is 2.16. The van der Waals surface area contributed by atoms with Crippen molar-refractivity contribution in [2.75, 3.05) is 5.32 Å². The Hall–Kier alpha value is -2.02. The van der Waals surface area contributed by atoms with E-state index in [-0.39, 0.29) is 22.8 Å². The molecule has 2 aromatic rings. The second kappa shape index (κ2) is 5.31. The monoisotopic (exact) mass is 284 g/mol. The summed E-state index contributed by atoms with van der Waals surface area (Å²) in [6.07, 6.45) is 0. The van der Waals surface area contributed by atoms with Crippen LogP contribution in [0.4, 0.5) is 14.5 Å². The Kier molecular flexibility index (Phi) is 3.75. The van der Waals surface area contributed by atoms with E-state index < -0.39 is 17.6 Å². The smallest absolute Gasteiger partial charge is 0.365 e. The highest BCUT2D eigenvalue weighted by atomic mass is 32.1. The van der Waals surface area contributed by atoms with Gasteiger partial charge in [0.05, 0.1) is 17.9 Å². The van der Waals surface area contributed by atoms with Gasteiger partial charge in [-0.25, -0.2) is 18.6 Å². The summed E-state index contributed by atoms with van der Waals surface area (Å²) in [4.78, 5) is 14.5. The zero-order valence-corrected chi connectivity index (χ0v) is 10.7. The molecule has 0 bridgehead atoms. The molecule has 1 heterocycles. The molecule has 19 heavy (non-hydrogen) atoms. The van der Waals surface area contributed by atoms with Crippen LogP contribution in [0.1, 0.15) is 21.1 Å². The van der Waals surface area contributed by atoms with Gasteiger partial charge in [0.2, 0.25) is 5.01 Å². The van der Waals surface area contributed by atoms with Crippen LogP contribution in [0.2, 0.25) is 0 Å². The fourth-order valence-corrected chi connectivity index (χ4v) is 2.11. The van der Waals surface area contributed by atoms with Crippen LogP contribution in [0.15, 0.2) is 17.5 Å². The van der Waals surface area contributed by atoms with Crippen LogP contribution in [0.3, 0.4) is 0 Å². The Labute approximate surface area is 111 Å². The molecule has 0 amide bonds. The molecule has 0 aliphatic carbocycles. The number of carbonyl (C=O) groups is 1. The molecular weight excluding hydrogens is 274 g/mol. The third-order valence-electron chi connectivity index (χ3n) is 2.44. The van der Waals surface area contributed by atoms with Gasteiger partial charge < -0.3 is 10.4 Å². The highest BCUT2D eigenvalue weighted by molar-refractivity contribution is 7.11. The number of aromatic nitrogens is 1. The lowest BCUT2D eigenvalue weighted by Gasteiger charge is -2.07. The van der Waals surface area contributed by atoms with Gasteiger partial charge in [-0.3, -0.25) is 0 Å². The Morgan fingerprint density at radius 1 is 1.42 bits per heavy atom. The number of carboxylic acids is 1. The van der Waals surface area contributed by atoms with Crippen molar-refractivity contribution in [3.63, 3.8) is 0 Å². The molecule has 7 heteroatoms. The number of hydrogen-bond acceptors (Lipinski definition) is 4. The van der Waals surface area contributed by atoms with Crippen LogP contribution in [-0.2, 0) is 6.54 Å². The predicted molar refractivity (Wildman–Crippen MR) is 67.5 cm³/mol. The van der Waals surface area contributed by atoms with Gasteiger partial charge in [0.15, 0.2) is 0 Å². The number of halogens is 2. The van der Waals surface area contributed by atoms with Crippen molar-refractivity contribution in [3.05, 3.63) is 45.4 Å². The van der Waals surface area contributed by atoms with Crippen molar-refractivity contribution >= 4 is 23.0 Å². The lowest BCUT2D eigenvalue weighted by Crippen LogP contribution is -2.04. The zero-order valence-electron chi connectivity index (χ0n) is 9.91. The Morgan fingerprint density at radius 3 is 2.79 bits per heavy atom. The van der Waals surface area contributed by atoms with Crippen molar-refractivity contribution in [2.45, 2.75) is 13.5 Å². The van der Waals surface area contributed by atoms with E-state index in [9.17, 15) is 13.6 Å². The maximum absolute atomic E-state index is 13.5. The van der Waals surface area contributed by atoms with Crippen LogP contribution in [0, 0.1) is 18.6 Å². The summed E-state index contributed by atoms with van der Waals surface area (Å²) in [7, 11) is 0. The number of carboxylic acid groups (broad SMARTS) is 1. The fourth-order valence-electron chi connectivity index (χ4n) is 1.45. The molecule has 0 unspecified atom stereocenters. The molecule has 0 fully saturated rings. The van der Waals surface area contributed by atoms with Crippen molar-refractivity contribution < 1.29 is 18.7 Å². The molecule has 2 N–H and O–H groups in total. The Bertz CT molecular complexity index is 628. The molecule has 100 valence electrons. The number of anilines is 1. The van der Waals surface area contributed by atoms with E-state index in [2.05, 4.69) is 10.3 Å². The van der Waals surface area contributed by atoms with Gasteiger partial charge in [-0.2, -0.15) is 0 Å². The Balaban J connectivity index is 2.09. The fraction of sp³-hybridized carbons (Fsp3) is 0.167. The molecule has 1 aromatic heterocycles. The van der Waals surface area contributed by atoms with E-state index in [1.807, 2.05) is 0 Å². The van der Waals surface area contributed by atoms with E-state index in [4.69, 9.17) is 5.11 Å². The largest absolute Gasteiger partial charge is 0.476 e. The third kappa shape index (κ3) is 3.05.